The Morgan fingerprint density at radius 3 is 2.37 bits per heavy atom. The molecule has 0 radical (unpaired) electrons. The maximum atomic E-state index is 12.0. The molecule has 1 atom stereocenters. The van der Waals surface area contributed by atoms with E-state index in [9.17, 15) is 9.59 Å². The lowest BCUT2D eigenvalue weighted by atomic mass is 10.1. The van der Waals surface area contributed by atoms with E-state index >= 15 is 0 Å². The van der Waals surface area contributed by atoms with Gasteiger partial charge in [-0.05, 0) is 29.8 Å². The van der Waals surface area contributed by atoms with Crippen molar-refractivity contribution in [3.8, 4) is 0 Å². The summed E-state index contributed by atoms with van der Waals surface area (Å²) in [5.41, 5.74) is 0.691. The van der Waals surface area contributed by atoms with Gasteiger partial charge in [-0.15, -0.1) is 0 Å². The minimum atomic E-state index is -1.11. The molecule has 0 heterocycles. The summed E-state index contributed by atoms with van der Waals surface area (Å²) in [6, 6.07) is 13.4. The van der Waals surface area contributed by atoms with E-state index in [1.165, 1.54) is 11.8 Å². The molecule has 0 aliphatic carbocycles. The van der Waals surface area contributed by atoms with Crippen molar-refractivity contribution in [3.63, 3.8) is 0 Å². The molecule has 1 amide bonds. The molecule has 1 N–H and O–H groups in total. The lowest BCUT2D eigenvalue weighted by molar-refractivity contribution is -0.145. The largest absolute Gasteiger partial charge is 0.481 e. The van der Waals surface area contributed by atoms with E-state index in [1.54, 1.807) is 7.05 Å². The number of benzene rings is 2. The molecule has 0 aromatic heterocycles. The Morgan fingerprint density at radius 1 is 1.11 bits per heavy atom. The fraction of sp³-hybridized carbons (Fsp3) is 0.200. The molecule has 4 heteroatoms. The van der Waals surface area contributed by atoms with Crippen LogP contribution in [0.1, 0.15) is 6.92 Å². The van der Waals surface area contributed by atoms with Crippen LogP contribution >= 0.6 is 0 Å². The molecule has 0 fully saturated rings. The number of amides is 1. The quantitative estimate of drug-likeness (QED) is 0.859. The van der Waals surface area contributed by atoms with E-state index in [0.29, 0.717) is 5.69 Å². The van der Waals surface area contributed by atoms with Crippen LogP contribution in [0.4, 0.5) is 5.69 Å². The SMILES string of the molecule is CC(C(=O)O)C(=O)N(C)c1ccc2ccccc2c1. The molecule has 4 nitrogen and oxygen atoms in total. The number of carboxylic acids is 1. The number of anilines is 1. The first kappa shape index (κ1) is 13.1. The van der Waals surface area contributed by atoms with Crippen molar-refractivity contribution in [2.24, 2.45) is 5.92 Å². The second-order valence-electron chi connectivity index (χ2n) is 4.49. The lowest BCUT2D eigenvalue weighted by Gasteiger charge is -2.20. The van der Waals surface area contributed by atoms with Crippen molar-refractivity contribution in [1.82, 2.24) is 0 Å². The number of aliphatic carboxylic acids is 1. The zero-order valence-corrected chi connectivity index (χ0v) is 10.8. The number of fused-ring (bicyclic) bond motifs is 1. The molecule has 0 aliphatic heterocycles. The minimum absolute atomic E-state index is 0.428. The molecule has 0 saturated heterocycles. The molecule has 2 aromatic carbocycles. The molecule has 19 heavy (non-hydrogen) atoms. The number of carbonyl (C=O) groups is 2. The Bertz CT molecular complexity index is 636. The molecular weight excluding hydrogens is 242 g/mol. The van der Waals surface area contributed by atoms with Gasteiger partial charge < -0.3 is 10.0 Å². The molecular formula is C15H15NO3. The maximum absolute atomic E-state index is 12.0. The monoisotopic (exact) mass is 257 g/mol. The third-order valence-corrected chi connectivity index (χ3v) is 3.19. The van der Waals surface area contributed by atoms with Gasteiger partial charge in [0.25, 0.3) is 0 Å². The Labute approximate surface area is 111 Å². The van der Waals surface area contributed by atoms with Gasteiger partial charge in [0.15, 0.2) is 0 Å². The fourth-order valence-electron chi connectivity index (χ4n) is 1.91. The van der Waals surface area contributed by atoms with Gasteiger partial charge in [0.1, 0.15) is 5.92 Å². The standard InChI is InChI=1S/C15H15NO3/c1-10(15(18)19)14(17)16(2)13-8-7-11-5-3-4-6-12(11)9-13/h3-10H,1-2H3,(H,18,19). The molecule has 0 bridgehead atoms. The third-order valence-electron chi connectivity index (χ3n) is 3.19. The molecule has 98 valence electrons. The first-order valence-electron chi connectivity index (χ1n) is 6.00. The Hall–Kier alpha value is -2.36. The van der Waals surface area contributed by atoms with Crippen molar-refractivity contribution in [2.75, 3.05) is 11.9 Å². The highest BCUT2D eigenvalue weighted by Crippen LogP contribution is 2.22. The van der Waals surface area contributed by atoms with E-state index in [2.05, 4.69) is 0 Å². The van der Waals surface area contributed by atoms with Crippen LogP contribution < -0.4 is 4.90 Å². The molecule has 1 unspecified atom stereocenters. The fourth-order valence-corrected chi connectivity index (χ4v) is 1.91. The van der Waals surface area contributed by atoms with E-state index in [1.807, 2.05) is 42.5 Å². The highest BCUT2D eigenvalue weighted by molar-refractivity contribution is 6.05. The van der Waals surface area contributed by atoms with Crippen LogP contribution in [0.15, 0.2) is 42.5 Å². The van der Waals surface area contributed by atoms with Gasteiger partial charge in [0.2, 0.25) is 5.91 Å². The Kier molecular flexibility index (Phi) is 3.51. The van der Waals surface area contributed by atoms with Crippen LogP contribution in [-0.2, 0) is 9.59 Å². The Morgan fingerprint density at radius 2 is 1.74 bits per heavy atom. The van der Waals surface area contributed by atoms with Crippen LogP contribution in [0.25, 0.3) is 10.8 Å². The highest BCUT2D eigenvalue weighted by atomic mass is 16.4. The van der Waals surface area contributed by atoms with Crippen molar-refractivity contribution in [2.45, 2.75) is 6.92 Å². The van der Waals surface area contributed by atoms with Crippen molar-refractivity contribution < 1.29 is 14.7 Å². The first-order chi connectivity index (χ1) is 9.00. The summed E-state index contributed by atoms with van der Waals surface area (Å²) < 4.78 is 0. The van der Waals surface area contributed by atoms with Gasteiger partial charge in [-0.2, -0.15) is 0 Å². The molecule has 0 saturated carbocycles. The number of hydrogen-bond donors (Lipinski definition) is 1. The van der Waals surface area contributed by atoms with Gasteiger partial charge in [0, 0.05) is 12.7 Å². The van der Waals surface area contributed by atoms with Crippen LogP contribution in [-0.4, -0.2) is 24.0 Å². The normalized spacial score (nSPS) is 12.1. The number of nitrogens with zero attached hydrogens (tertiary/aromatic N) is 1. The predicted octanol–water partition coefficient (Wildman–Crippen LogP) is 2.52. The van der Waals surface area contributed by atoms with E-state index < -0.39 is 17.8 Å². The van der Waals surface area contributed by atoms with Crippen LogP contribution in [0.3, 0.4) is 0 Å². The molecule has 2 rings (SSSR count). The van der Waals surface area contributed by atoms with Gasteiger partial charge in [-0.3, -0.25) is 9.59 Å². The van der Waals surface area contributed by atoms with Crippen LogP contribution in [0.2, 0.25) is 0 Å². The summed E-state index contributed by atoms with van der Waals surface area (Å²) in [4.78, 5) is 24.2. The second-order valence-corrected chi connectivity index (χ2v) is 4.49. The van der Waals surface area contributed by atoms with Gasteiger partial charge in [0.05, 0.1) is 0 Å². The number of hydrogen-bond acceptors (Lipinski definition) is 2. The van der Waals surface area contributed by atoms with Crippen LogP contribution in [0.5, 0.6) is 0 Å². The number of carbonyl (C=O) groups excluding carboxylic acids is 1. The van der Waals surface area contributed by atoms with Gasteiger partial charge in [-0.1, -0.05) is 30.3 Å². The molecule has 0 aliphatic rings. The van der Waals surface area contributed by atoms with Crippen molar-refractivity contribution >= 4 is 28.3 Å². The van der Waals surface area contributed by atoms with E-state index in [4.69, 9.17) is 5.11 Å². The zero-order valence-electron chi connectivity index (χ0n) is 10.8. The van der Waals surface area contributed by atoms with Gasteiger partial charge in [-0.25, -0.2) is 0 Å². The van der Waals surface area contributed by atoms with Crippen molar-refractivity contribution in [1.29, 1.82) is 0 Å². The molecule has 2 aromatic rings. The zero-order chi connectivity index (χ0) is 14.0. The summed E-state index contributed by atoms with van der Waals surface area (Å²) in [7, 11) is 1.59. The smallest absolute Gasteiger partial charge is 0.315 e. The minimum Gasteiger partial charge on any atom is -0.481 e. The highest BCUT2D eigenvalue weighted by Gasteiger charge is 2.24. The summed E-state index contributed by atoms with van der Waals surface area (Å²) in [5.74, 6) is -2.59. The first-order valence-corrected chi connectivity index (χ1v) is 6.00. The average molecular weight is 257 g/mol. The maximum Gasteiger partial charge on any atom is 0.315 e. The summed E-state index contributed by atoms with van der Waals surface area (Å²) in [5, 5.41) is 11.0. The second kappa shape index (κ2) is 5.10. The third kappa shape index (κ3) is 2.57. The number of rotatable bonds is 3. The molecule has 0 spiro atoms. The van der Waals surface area contributed by atoms with Gasteiger partial charge >= 0.3 is 5.97 Å². The summed E-state index contributed by atoms with van der Waals surface area (Å²) in [6.07, 6.45) is 0. The van der Waals surface area contributed by atoms with E-state index in [0.717, 1.165) is 10.8 Å². The topological polar surface area (TPSA) is 57.6 Å². The number of carboxylic acid groups (broad SMARTS) is 1. The average Bonchev–Trinajstić information content (AvgIpc) is 2.44. The lowest BCUT2D eigenvalue weighted by Crippen LogP contribution is -2.35. The summed E-state index contributed by atoms with van der Waals surface area (Å²) >= 11 is 0. The van der Waals surface area contributed by atoms with Crippen LogP contribution in [0, 0.1) is 5.92 Å². The summed E-state index contributed by atoms with van der Waals surface area (Å²) in [6.45, 7) is 1.39. The Balaban J connectivity index is 2.33. The predicted molar refractivity (Wildman–Crippen MR) is 74.2 cm³/mol. The van der Waals surface area contributed by atoms with E-state index in [-0.39, 0.29) is 0 Å². The van der Waals surface area contributed by atoms with Crippen molar-refractivity contribution in [3.05, 3.63) is 42.5 Å².